The van der Waals surface area contributed by atoms with Crippen LogP contribution in [0.5, 0.6) is 5.75 Å². The summed E-state index contributed by atoms with van der Waals surface area (Å²) in [6, 6.07) is 36.2. The molecule has 4 rings (SSSR count). The molecule has 0 fully saturated rings. The molecule has 0 saturated carbocycles. The number of thioether (sulfide) groups is 1. The summed E-state index contributed by atoms with van der Waals surface area (Å²) in [7, 11) is 1.31. The molecule has 0 spiro atoms. The highest BCUT2D eigenvalue weighted by molar-refractivity contribution is 8.00. The zero-order valence-electron chi connectivity index (χ0n) is 22.9. The lowest BCUT2D eigenvalue weighted by atomic mass is 9.84. The molecular weight excluding hydrogens is 534 g/mol. The molecule has 0 unspecified atom stereocenters. The van der Waals surface area contributed by atoms with Crippen molar-refractivity contribution in [2.45, 2.75) is 17.7 Å². The van der Waals surface area contributed by atoms with Crippen LogP contribution in [-0.2, 0) is 23.9 Å². The Morgan fingerprint density at radius 2 is 1.34 bits per heavy atom. The first kappa shape index (κ1) is 29.4. The fraction of sp³-hybridized carbons (Fsp3) is 0.147. The number of carbonyl (C=O) groups excluding carboxylic acids is 3. The van der Waals surface area contributed by atoms with Crippen LogP contribution in [0.15, 0.2) is 121 Å². The van der Waals surface area contributed by atoms with Crippen molar-refractivity contribution in [3.8, 4) is 5.75 Å². The molecule has 0 bridgehead atoms. The van der Waals surface area contributed by atoms with Gasteiger partial charge in [-0.3, -0.25) is 9.59 Å². The number of nitrogens with one attached hydrogen (secondary N) is 1. The normalized spacial score (nSPS) is 12.0. The van der Waals surface area contributed by atoms with Gasteiger partial charge in [-0.15, -0.1) is 11.8 Å². The van der Waals surface area contributed by atoms with Gasteiger partial charge in [-0.2, -0.15) is 0 Å². The minimum atomic E-state index is -0.912. The fourth-order valence-electron chi connectivity index (χ4n) is 4.53. The zero-order chi connectivity index (χ0) is 29.1. The number of carbonyl (C=O) groups is 3. The standard InChI is InChI=1S/C34H31NO5S/c1-25(36)40-30-20-12-13-26(23-30)21-22-32(37)35-31(33(38)39-2)24-41-34(27-14-6-3-7-15-27,28-16-8-4-9-17-28)29-18-10-5-11-19-29/h3-23,31H,24H2,1-2H3,(H,35,37)/b22-21+/t31-/m1/s1. The maximum atomic E-state index is 12.9. The molecule has 0 aliphatic rings. The fourth-order valence-corrected chi connectivity index (χ4v) is 6.07. The molecule has 1 N–H and O–H groups in total. The van der Waals surface area contributed by atoms with E-state index in [2.05, 4.69) is 41.7 Å². The van der Waals surface area contributed by atoms with Gasteiger partial charge in [-0.05, 0) is 40.5 Å². The van der Waals surface area contributed by atoms with Crippen molar-refractivity contribution in [2.75, 3.05) is 12.9 Å². The van der Waals surface area contributed by atoms with Gasteiger partial charge in [0.1, 0.15) is 11.8 Å². The summed E-state index contributed by atoms with van der Waals surface area (Å²) in [5.74, 6) is -0.807. The molecule has 0 heterocycles. The van der Waals surface area contributed by atoms with Crippen LogP contribution in [-0.4, -0.2) is 36.8 Å². The SMILES string of the molecule is COC(=O)[C@@H](CSC(c1ccccc1)(c1ccccc1)c1ccccc1)NC(=O)/C=C/c1cccc(OC(C)=O)c1. The summed E-state index contributed by atoms with van der Waals surface area (Å²) in [4.78, 5) is 37.1. The van der Waals surface area contributed by atoms with Crippen LogP contribution in [0.1, 0.15) is 29.2 Å². The van der Waals surface area contributed by atoms with Crippen LogP contribution in [0.25, 0.3) is 6.08 Å². The molecular formula is C34H31NO5S. The van der Waals surface area contributed by atoms with E-state index in [0.29, 0.717) is 11.3 Å². The molecule has 4 aromatic carbocycles. The number of ether oxygens (including phenoxy) is 2. The summed E-state index contributed by atoms with van der Waals surface area (Å²) < 4.78 is 9.52. The summed E-state index contributed by atoms with van der Waals surface area (Å²) in [6.45, 7) is 1.32. The van der Waals surface area contributed by atoms with Gasteiger partial charge in [0, 0.05) is 18.8 Å². The van der Waals surface area contributed by atoms with Gasteiger partial charge >= 0.3 is 11.9 Å². The van der Waals surface area contributed by atoms with Crippen LogP contribution in [0.3, 0.4) is 0 Å². The van der Waals surface area contributed by atoms with E-state index < -0.39 is 28.6 Å². The van der Waals surface area contributed by atoms with Crippen molar-refractivity contribution in [2.24, 2.45) is 0 Å². The lowest BCUT2D eigenvalue weighted by Gasteiger charge is -2.36. The Morgan fingerprint density at radius 3 is 1.83 bits per heavy atom. The number of hydrogen-bond donors (Lipinski definition) is 1. The van der Waals surface area contributed by atoms with E-state index in [4.69, 9.17) is 9.47 Å². The molecule has 0 aliphatic carbocycles. The van der Waals surface area contributed by atoms with Crippen molar-refractivity contribution in [3.63, 3.8) is 0 Å². The molecule has 1 amide bonds. The van der Waals surface area contributed by atoms with E-state index in [9.17, 15) is 14.4 Å². The van der Waals surface area contributed by atoms with E-state index in [1.807, 2.05) is 54.6 Å². The van der Waals surface area contributed by atoms with Crippen LogP contribution < -0.4 is 10.1 Å². The van der Waals surface area contributed by atoms with Crippen LogP contribution in [0, 0.1) is 0 Å². The van der Waals surface area contributed by atoms with Crippen molar-refractivity contribution < 1.29 is 23.9 Å². The highest BCUT2D eigenvalue weighted by Crippen LogP contribution is 2.48. The molecule has 41 heavy (non-hydrogen) atoms. The first-order valence-corrected chi connectivity index (χ1v) is 14.1. The predicted octanol–water partition coefficient (Wildman–Crippen LogP) is 6.01. The lowest BCUT2D eigenvalue weighted by molar-refractivity contribution is -0.143. The van der Waals surface area contributed by atoms with Crippen molar-refractivity contribution in [1.82, 2.24) is 5.32 Å². The molecule has 7 heteroatoms. The van der Waals surface area contributed by atoms with E-state index in [0.717, 1.165) is 16.7 Å². The van der Waals surface area contributed by atoms with Crippen LogP contribution in [0.4, 0.5) is 0 Å². The highest BCUT2D eigenvalue weighted by Gasteiger charge is 2.38. The summed E-state index contributed by atoms with van der Waals surface area (Å²) >= 11 is 1.56. The Morgan fingerprint density at radius 1 is 0.805 bits per heavy atom. The predicted molar refractivity (Wildman–Crippen MR) is 162 cm³/mol. The number of rotatable bonds is 11. The van der Waals surface area contributed by atoms with E-state index in [1.54, 1.807) is 42.1 Å². The molecule has 0 radical (unpaired) electrons. The first-order valence-electron chi connectivity index (χ1n) is 13.1. The Hall–Kier alpha value is -4.62. The van der Waals surface area contributed by atoms with E-state index >= 15 is 0 Å². The first-order chi connectivity index (χ1) is 19.9. The maximum Gasteiger partial charge on any atom is 0.329 e. The minimum Gasteiger partial charge on any atom is -0.467 e. The molecule has 0 aliphatic heterocycles. The van der Waals surface area contributed by atoms with Gasteiger partial charge < -0.3 is 14.8 Å². The second-order valence-corrected chi connectivity index (χ2v) is 10.4. The number of hydrogen-bond acceptors (Lipinski definition) is 6. The van der Waals surface area contributed by atoms with Gasteiger partial charge in [0.25, 0.3) is 0 Å². The maximum absolute atomic E-state index is 12.9. The van der Waals surface area contributed by atoms with Gasteiger partial charge in [-0.1, -0.05) is 103 Å². The second-order valence-electron chi connectivity index (χ2n) is 9.17. The van der Waals surface area contributed by atoms with Crippen LogP contribution in [0.2, 0.25) is 0 Å². The second kappa shape index (κ2) is 14.1. The van der Waals surface area contributed by atoms with Gasteiger partial charge in [-0.25, -0.2) is 4.79 Å². The average molecular weight is 566 g/mol. The summed E-state index contributed by atoms with van der Waals surface area (Å²) in [5.41, 5.74) is 3.80. The quantitative estimate of drug-likeness (QED) is 0.104. The minimum absolute atomic E-state index is 0.243. The van der Waals surface area contributed by atoms with Gasteiger partial charge in [0.2, 0.25) is 5.91 Å². The van der Waals surface area contributed by atoms with Crippen LogP contribution >= 0.6 is 11.8 Å². The summed E-state index contributed by atoms with van der Waals surface area (Å²) in [5, 5.41) is 2.81. The molecule has 0 aromatic heterocycles. The van der Waals surface area contributed by atoms with Crippen molar-refractivity contribution >= 4 is 35.7 Å². The number of methoxy groups -OCH3 is 1. The third kappa shape index (κ3) is 7.52. The number of benzene rings is 4. The Kier molecular flexibility index (Phi) is 10.1. The largest absolute Gasteiger partial charge is 0.467 e. The third-order valence-corrected chi connectivity index (χ3v) is 8.00. The van der Waals surface area contributed by atoms with E-state index in [1.165, 1.54) is 20.1 Å². The van der Waals surface area contributed by atoms with Gasteiger partial charge in [0.05, 0.1) is 11.9 Å². The topological polar surface area (TPSA) is 81.7 Å². The molecule has 0 saturated heterocycles. The van der Waals surface area contributed by atoms with E-state index in [-0.39, 0.29) is 5.75 Å². The molecule has 6 nitrogen and oxygen atoms in total. The molecule has 4 aromatic rings. The number of amides is 1. The van der Waals surface area contributed by atoms with Crippen molar-refractivity contribution in [3.05, 3.63) is 144 Å². The average Bonchev–Trinajstić information content (AvgIpc) is 3.01. The molecule has 1 atom stereocenters. The zero-order valence-corrected chi connectivity index (χ0v) is 23.7. The Bertz CT molecular complexity index is 1390. The smallest absolute Gasteiger partial charge is 0.329 e. The summed E-state index contributed by atoms with van der Waals surface area (Å²) in [6.07, 6.45) is 2.93. The monoisotopic (exact) mass is 565 g/mol. The lowest BCUT2D eigenvalue weighted by Crippen LogP contribution is -2.43. The Balaban J connectivity index is 1.62. The van der Waals surface area contributed by atoms with Gasteiger partial charge in [0.15, 0.2) is 0 Å². The van der Waals surface area contributed by atoms with Crippen molar-refractivity contribution in [1.29, 1.82) is 0 Å². The number of esters is 2. The molecule has 208 valence electrons. The highest BCUT2D eigenvalue weighted by atomic mass is 32.2. The third-order valence-electron chi connectivity index (χ3n) is 6.36. The Labute approximate surface area is 244 Å².